The highest BCUT2D eigenvalue weighted by Crippen LogP contribution is 2.26. The molecule has 0 bridgehead atoms. The molecular weight excluding hydrogens is 326 g/mol. The summed E-state index contributed by atoms with van der Waals surface area (Å²) in [6.07, 6.45) is 6.25. The van der Waals surface area contributed by atoms with E-state index in [1.54, 1.807) is 24.3 Å². The van der Waals surface area contributed by atoms with Crippen molar-refractivity contribution in [1.29, 1.82) is 0 Å². The second-order valence-corrected chi connectivity index (χ2v) is 7.13. The first-order valence-corrected chi connectivity index (χ1v) is 9.27. The Kier molecular flexibility index (Phi) is 5.71. The van der Waals surface area contributed by atoms with Crippen LogP contribution in [0.5, 0.6) is 0 Å². The number of rotatable bonds is 5. The molecule has 0 heterocycles. The summed E-state index contributed by atoms with van der Waals surface area (Å²) in [6, 6.07) is 12.4. The SMILES string of the molecule is Cc1ccc(C(=O)NCC2CCCCC2)cc1-c1ccc(C(=O)O)cc1. The molecule has 0 radical (unpaired) electrons. The van der Waals surface area contributed by atoms with Gasteiger partial charge in [0.15, 0.2) is 0 Å². The number of aryl methyl sites for hydroxylation is 1. The predicted octanol–water partition coefficient (Wildman–Crippen LogP) is 4.67. The first-order chi connectivity index (χ1) is 12.5. The van der Waals surface area contributed by atoms with Crippen molar-refractivity contribution in [3.05, 3.63) is 59.2 Å². The van der Waals surface area contributed by atoms with Crippen LogP contribution in [-0.4, -0.2) is 23.5 Å². The molecule has 0 unspecified atom stereocenters. The lowest BCUT2D eigenvalue weighted by molar-refractivity contribution is 0.0696. The van der Waals surface area contributed by atoms with Crippen molar-refractivity contribution in [2.45, 2.75) is 39.0 Å². The van der Waals surface area contributed by atoms with Crippen LogP contribution < -0.4 is 5.32 Å². The summed E-state index contributed by atoms with van der Waals surface area (Å²) < 4.78 is 0. The molecule has 1 aliphatic carbocycles. The quantitative estimate of drug-likeness (QED) is 0.822. The van der Waals surface area contributed by atoms with E-state index < -0.39 is 5.97 Å². The van der Waals surface area contributed by atoms with Crippen LogP contribution in [0.3, 0.4) is 0 Å². The molecule has 26 heavy (non-hydrogen) atoms. The molecule has 0 saturated heterocycles. The molecule has 3 rings (SSSR count). The second-order valence-electron chi connectivity index (χ2n) is 7.13. The van der Waals surface area contributed by atoms with Crippen molar-refractivity contribution in [1.82, 2.24) is 5.32 Å². The van der Waals surface area contributed by atoms with Crippen LogP contribution in [0.2, 0.25) is 0 Å². The monoisotopic (exact) mass is 351 g/mol. The Labute approximate surface area is 154 Å². The smallest absolute Gasteiger partial charge is 0.335 e. The minimum Gasteiger partial charge on any atom is -0.478 e. The number of aromatic carboxylic acids is 1. The number of carboxylic acids is 1. The van der Waals surface area contributed by atoms with Crippen LogP contribution in [0.4, 0.5) is 0 Å². The molecule has 2 N–H and O–H groups in total. The van der Waals surface area contributed by atoms with E-state index in [0.717, 1.165) is 23.2 Å². The van der Waals surface area contributed by atoms with Crippen LogP contribution in [0.1, 0.15) is 58.4 Å². The van der Waals surface area contributed by atoms with E-state index >= 15 is 0 Å². The van der Waals surface area contributed by atoms with Crippen LogP contribution in [0, 0.1) is 12.8 Å². The lowest BCUT2D eigenvalue weighted by atomic mass is 9.89. The zero-order valence-electron chi connectivity index (χ0n) is 15.1. The minimum atomic E-state index is -0.941. The Morgan fingerprint density at radius 2 is 1.65 bits per heavy atom. The third-order valence-corrected chi connectivity index (χ3v) is 5.22. The van der Waals surface area contributed by atoms with Crippen molar-refractivity contribution in [3.8, 4) is 11.1 Å². The molecule has 0 aromatic heterocycles. The third kappa shape index (κ3) is 4.31. The fourth-order valence-electron chi connectivity index (χ4n) is 3.60. The zero-order valence-corrected chi connectivity index (χ0v) is 15.1. The first-order valence-electron chi connectivity index (χ1n) is 9.27. The van der Waals surface area contributed by atoms with Crippen molar-refractivity contribution in [2.75, 3.05) is 6.54 Å². The van der Waals surface area contributed by atoms with Crippen molar-refractivity contribution in [2.24, 2.45) is 5.92 Å². The molecule has 1 saturated carbocycles. The Bertz CT molecular complexity index is 790. The highest BCUT2D eigenvalue weighted by molar-refractivity contribution is 5.96. The standard InChI is InChI=1S/C22H25NO3/c1-15-7-8-19(21(24)23-14-16-5-3-2-4-6-16)13-20(15)17-9-11-18(12-10-17)22(25)26/h7-13,16H,2-6,14H2,1H3,(H,23,24)(H,25,26). The van der Waals surface area contributed by atoms with Crippen LogP contribution in [0.25, 0.3) is 11.1 Å². The number of nitrogens with one attached hydrogen (secondary N) is 1. The number of carboxylic acid groups (broad SMARTS) is 1. The molecule has 4 nitrogen and oxygen atoms in total. The summed E-state index contributed by atoms with van der Waals surface area (Å²) in [5, 5.41) is 12.1. The molecule has 1 amide bonds. The summed E-state index contributed by atoms with van der Waals surface area (Å²) in [4.78, 5) is 23.5. The fourth-order valence-corrected chi connectivity index (χ4v) is 3.60. The highest BCUT2D eigenvalue weighted by Gasteiger charge is 2.15. The maximum Gasteiger partial charge on any atom is 0.335 e. The van der Waals surface area contributed by atoms with Gasteiger partial charge in [0.25, 0.3) is 5.91 Å². The highest BCUT2D eigenvalue weighted by atomic mass is 16.4. The molecular formula is C22H25NO3. The average Bonchev–Trinajstić information content (AvgIpc) is 2.67. The summed E-state index contributed by atoms with van der Waals surface area (Å²) in [7, 11) is 0. The summed E-state index contributed by atoms with van der Waals surface area (Å²) in [5.41, 5.74) is 3.81. The number of amides is 1. The topological polar surface area (TPSA) is 66.4 Å². The van der Waals surface area contributed by atoms with Gasteiger partial charge in [-0.2, -0.15) is 0 Å². The van der Waals surface area contributed by atoms with Gasteiger partial charge in [0.2, 0.25) is 0 Å². The molecule has 2 aromatic carbocycles. The van der Waals surface area contributed by atoms with E-state index in [4.69, 9.17) is 5.11 Å². The minimum absolute atomic E-state index is 0.0426. The summed E-state index contributed by atoms with van der Waals surface area (Å²) >= 11 is 0. The van der Waals surface area contributed by atoms with E-state index in [1.807, 2.05) is 25.1 Å². The Hall–Kier alpha value is -2.62. The Morgan fingerprint density at radius 1 is 1.00 bits per heavy atom. The predicted molar refractivity (Wildman–Crippen MR) is 102 cm³/mol. The van der Waals surface area contributed by atoms with Gasteiger partial charge in [0.1, 0.15) is 0 Å². The van der Waals surface area contributed by atoms with Gasteiger partial charge >= 0.3 is 5.97 Å². The van der Waals surface area contributed by atoms with Crippen LogP contribution in [0.15, 0.2) is 42.5 Å². The van der Waals surface area contributed by atoms with Gasteiger partial charge in [0, 0.05) is 12.1 Å². The number of hydrogen-bond acceptors (Lipinski definition) is 2. The summed E-state index contributed by atoms with van der Waals surface area (Å²) in [6.45, 7) is 2.74. The molecule has 0 aliphatic heterocycles. The maximum atomic E-state index is 12.5. The molecule has 4 heteroatoms. The van der Waals surface area contributed by atoms with E-state index in [1.165, 1.54) is 32.1 Å². The molecule has 0 atom stereocenters. The number of hydrogen-bond donors (Lipinski definition) is 2. The van der Waals surface area contributed by atoms with Gasteiger partial charge in [-0.25, -0.2) is 4.79 Å². The van der Waals surface area contributed by atoms with Gasteiger partial charge in [-0.05, 0) is 66.6 Å². The lowest BCUT2D eigenvalue weighted by Crippen LogP contribution is -2.30. The lowest BCUT2D eigenvalue weighted by Gasteiger charge is -2.21. The van der Waals surface area contributed by atoms with Gasteiger partial charge in [-0.1, -0.05) is 37.5 Å². The third-order valence-electron chi connectivity index (χ3n) is 5.22. The van der Waals surface area contributed by atoms with E-state index in [0.29, 0.717) is 11.5 Å². The molecule has 0 spiro atoms. The van der Waals surface area contributed by atoms with Gasteiger partial charge in [-0.15, -0.1) is 0 Å². The number of carbonyl (C=O) groups excluding carboxylic acids is 1. The van der Waals surface area contributed by atoms with Gasteiger partial charge in [-0.3, -0.25) is 4.79 Å². The maximum absolute atomic E-state index is 12.5. The second kappa shape index (κ2) is 8.17. The van der Waals surface area contributed by atoms with Crippen LogP contribution >= 0.6 is 0 Å². The van der Waals surface area contributed by atoms with E-state index in [9.17, 15) is 9.59 Å². The number of carbonyl (C=O) groups is 2. The molecule has 1 aliphatic rings. The average molecular weight is 351 g/mol. The Balaban J connectivity index is 1.74. The Morgan fingerprint density at radius 3 is 2.31 bits per heavy atom. The first kappa shape index (κ1) is 18.2. The van der Waals surface area contributed by atoms with Crippen LogP contribution in [-0.2, 0) is 0 Å². The molecule has 1 fully saturated rings. The number of benzene rings is 2. The van der Waals surface area contributed by atoms with Crippen molar-refractivity contribution in [3.63, 3.8) is 0 Å². The van der Waals surface area contributed by atoms with E-state index in [2.05, 4.69) is 5.32 Å². The normalized spacial score (nSPS) is 14.8. The fraction of sp³-hybridized carbons (Fsp3) is 0.364. The zero-order chi connectivity index (χ0) is 18.5. The summed E-state index contributed by atoms with van der Waals surface area (Å²) in [5.74, 6) is -0.385. The van der Waals surface area contributed by atoms with E-state index in [-0.39, 0.29) is 11.5 Å². The van der Waals surface area contributed by atoms with Gasteiger partial charge < -0.3 is 10.4 Å². The largest absolute Gasteiger partial charge is 0.478 e. The molecule has 2 aromatic rings. The molecule has 136 valence electrons. The van der Waals surface area contributed by atoms with Crippen molar-refractivity contribution < 1.29 is 14.7 Å². The van der Waals surface area contributed by atoms with Crippen molar-refractivity contribution >= 4 is 11.9 Å². The van der Waals surface area contributed by atoms with Gasteiger partial charge in [0.05, 0.1) is 5.56 Å².